The fourth-order valence-electron chi connectivity index (χ4n) is 3.05. The highest BCUT2D eigenvalue weighted by Crippen LogP contribution is 2.24. The van der Waals surface area contributed by atoms with Crippen LogP contribution in [-0.4, -0.2) is 26.2 Å². The van der Waals surface area contributed by atoms with Crippen molar-refractivity contribution in [1.29, 1.82) is 0 Å². The van der Waals surface area contributed by atoms with Gasteiger partial charge in [-0.25, -0.2) is 0 Å². The molecule has 110 valence electrons. The molecule has 1 aliphatic heterocycles. The Bertz CT molecular complexity index is 543. The summed E-state index contributed by atoms with van der Waals surface area (Å²) in [5, 5.41) is 3.49. The molecule has 3 rings (SSSR count). The third-order valence-corrected chi connectivity index (χ3v) is 4.13. The molecule has 2 heteroatoms. The Morgan fingerprint density at radius 2 is 1.48 bits per heavy atom. The molecule has 0 bridgehead atoms. The molecule has 0 amide bonds. The van der Waals surface area contributed by atoms with Crippen LogP contribution in [0, 0.1) is 0 Å². The molecule has 1 heterocycles. The second-order valence-corrected chi connectivity index (χ2v) is 5.74. The average molecular weight is 280 g/mol. The minimum atomic E-state index is 1.02. The van der Waals surface area contributed by atoms with Crippen LogP contribution in [0.3, 0.4) is 0 Å². The van der Waals surface area contributed by atoms with Crippen LogP contribution >= 0.6 is 0 Å². The minimum absolute atomic E-state index is 1.02. The van der Waals surface area contributed by atoms with Gasteiger partial charge in [0, 0.05) is 18.8 Å². The van der Waals surface area contributed by atoms with Crippen molar-refractivity contribution in [2.75, 3.05) is 31.1 Å². The lowest BCUT2D eigenvalue weighted by molar-refractivity contribution is 0.567. The number of para-hydroxylation sites is 1. The molecule has 0 saturated carbocycles. The topological polar surface area (TPSA) is 15.3 Å². The second-order valence-electron chi connectivity index (χ2n) is 5.74. The third-order valence-electron chi connectivity index (χ3n) is 4.13. The van der Waals surface area contributed by atoms with Gasteiger partial charge in [0.05, 0.1) is 0 Å². The maximum Gasteiger partial charge on any atom is 0.0402 e. The molecule has 0 aromatic heterocycles. The summed E-state index contributed by atoms with van der Waals surface area (Å²) in [6, 6.07) is 19.7. The molecule has 0 radical (unpaired) electrons. The molecule has 2 aromatic rings. The van der Waals surface area contributed by atoms with Gasteiger partial charge >= 0.3 is 0 Å². The maximum atomic E-state index is 3.49. The molecule has 21 heavy (non-hydrogen) atoms. The third kappa shape index (κ3) is 3.85. The van der Waals surface area contributed by atoms with E-state index < -0.39 is 0 Å². The first-order valence-corrected chi connectivity index (χ1v) is 8.01. The van der Waals surface area contributed by atoms with Crippen LogP contribution < -0.4 is 10.2 Å². The van der Waals surface area contributed by atoms with Crippen LogP contribution in [0.25, 0.3) is 0 Å². The van der Waals surface area contributed by atoms with Crippen molar-refractivity contribution < 1.29 is 0 Å². The number of benzene rings is 2. The van der Waals surface area contributed by atoms with E-state index >= 15 is 0 Å². The molecule has 1 N–H and O–H groups in total. The van der Waals surface area contributed by atoms with Crippen molar-refractivity contribution in [3.8, 4) is 0 Å². The largest absolute Gasteiger partial charge is 0.371 e. The monoisotopic (exact) mass is 280 g/mol. The predicted octanol–water partition coefficient (Wildman–Crippen LogP) is 3.47. The standard InChI is InChI=1S/C19H24N2/c1-2-8-17(9-3-1)16-18-10-4-5-11-19(18)21-14-6-12-20-13-7-15-21/h1-5,8-11,20H,6-7,12-16H2. The minimum Gasteiger partial charge on any atom is -0.371 e. The van der Waals surface area contributed by atoms with E-state index in [-0.39, 0.29) is 0 Å². The van der Waals surface area contributed by atoms with Crippen LogP contribution in [0.1, 0.15) is 24.0 Å². The van der Waals surface area contributed by atoms with E-state index in [0.717, 1.165) is 32.6 Å². The lowest BCUT2D eigenvalue weighted by atomic mass is 10.0. The van der Waals surface area contributed by atoms with Crippen molar-refractivity contribution in [3.63, 3.8) is 0 Å². The summed E-state index contributed by atoms with van der Waals surface area (Å²) in [5.74, 6) is 0. The van der Waals surface area contributed by atoms with Gasteiger partial charge in [-0.05, 0) is 49.5 Å². The van der Waals surface area contributed by atoms with Gasteiger partial charge in [0.2, 0.25) is 0 Å². The second kappa shape index (κ2) is 7.28. The Morgan fingerprint density at radius 3 is 2.24 bits per heavy atom. The van der Waals surface area contributed by atoms with Crippen LogP contribution in [0.5, 0.6) is 0 Å². The highest BCUT2D eigenvalue weighted by molar-refractivity contribution is 5.55. The Balaban J connectivity index is 1.81. The smallest absolute Gasteiger partial charge is 0.0402 e. The number of nitrogens with zero attached hydrogens (tertiary/aromatic N) is 1. The summed E-state index contributed by atoms with van der Waals surface area (Å²) in [6.45, 7) is 4.58. The molecular formula is C19H24N2. The lowest BCUT2D eigenvalue weighted by Crippen LogP contribution is -2.34. The van der Waals surface area contributed by atoms with Gasteiger partial charge in [-0.2, -0.15) is 0 Å². The van der Waals surface area contributed by atoms with Crippen molar-refractivity contribution in [1.82, 2.24) is 5.32 Å². The van der Waals surface area contributed by atoms with Crippen molar-refractivity contribution in [3.05, 3.63) is 65.7 Å². The Kier molecular flexibility index (Phi) is 4.90. The Hall–Kier alpha value is -1.80. The van der Waals surface area contributed by atoms with Crippen molar-refractivity contribution in [2.24, 2.45) is 0 Å². The molecule has 0 unspecified atom stereocenters. The summed E-state index contributed by atoms with van der Waals surface area (Å²) in [4.78, 5) is 2.57. The van der Waals surface area contributed by atoms with E-state index in [0.29, 0.717) is 0 Å². The fraction of sp³-hybridized carbons (Fsp3) is 0.368. The zero-order chi connectivity index (χ0) is 14.3. The van der Waals surface area contributed by atoms with Crippen molar-refractivity contribution >= 4 is 5.69 Å². The first-order valence-electron chi connectivity index (χ1n) is 8.01. The van der Waals surface area contributed by atoms with Crippen LogP contribution in [0.2, 0.25) is 0 Å². The summed E-state index contributed by atoms with van der Waals surface area (Å²) < 4.78 is 0. The van der Waals surface area contributed by atoms with Gasteiger partial charge in [-0.3, -0.25) is 0 Å². The van der Waals surface area contributed by atoms with E-state index in [1.165, 1.54) is 29.7 Å². The normalized spacial score (nSPS) is 16.3. The highest BCUT2D eigenvalue weighted by Gasteiger charge is 2.12. The molecule has 0 spiro atoms. The van der Waals surface area contributed by atoms with Crippen LogP contribution in [-0.2, 0) is 6.42 Å². The first kappa shape index (κ1) is 14.2. The van der Waals surface area contributed by atoms with E-state index in [9.17, 15) is 0 Å². The maximum absolute atomic E-state index is 3.49. The van der Waals surface area contributed by atoms with E-state index in [2.05, 4.69) is 64.8 Å². The summed E-state index contributed by atoms with van der Waals surface area (Å²) in [5.41, 5.74) is 4.25. The number of anilines is 1. The summed E-state index contributed by atoms with van der Waals surface area (Å²) in [6.07, 6.45) is 3.46. The predicted molar refractivity (Wildman–Crippen MR) is 90.0 cm³/mol. The SMILES string of the molecule is c1ccc(Cc2ccccc2N2CCCNCCC2)cc1. The first-order chi connectivity index (χ1) is 10.4. The number of hydrogen-bond acceptors (Lipinski definition) is 2. The molecule has 1 fully saturated rings. The Morgan fingerprint density at radius 1 is 0.810 bits per heavy atom. The molecule has 2 nitrogen and oxygen atoms in total. The molecule has 0 atom stereocenters. The lowest BCUT2D eigenvalue weighted by Gasteiger charge is -2.29. The number of rotatable bonds is 3. The zero-order valence-corrected chi connectivity index (χ0v) is 12.6. The summed E-state index contributed by atoms with van der Waals surface area (Å²) >= 11 is 0. The quantitative estimate of drug-likeness (QED) is 0.926. The van der Waals surface area contributed by atoms with Gasteiger partial charge in [-0.15, -0.1) is 0 Å². The number of nitrogens with one attached hydrogen (secondary N) is 1. The van der Waals surface area contributed by atoms with E-state index in [1.807, 2.05) is 0 Å². The molecule has 1 aliphatic rings. The molecule has 2 aromatic carbocycles. The van der Waals surface area contributed by atoms with Gasteiger partial charge in [0.15, 0.2) is 0 Å². The highest BCUT2D eigenvalue weighted by atomic mass is 15.1. The van der Waals surface area contributed by atoms with Crippen LogP contribution in [0.15, 0.2) is 54.6 Å². The zero-order valence-electron chi connectivity index (χ0n) is 12.6. The van der Waals surface area contributed by atoms with E-state index in [1.54, 1.807) is 0 Å². The molecular weight excluding hydrogens is 256 g/mol. The van der Waals surface area contributed by atoms with Gasteiger partial charge in [0.1, 0.15) is 0 Å². The van der Waals surface area contributed by atoms with Gasteiger partial charge in [0.25, 0.3) is 0 Å². The van der Waals surface area contributed by atoms with Gasteiger partial charge in [-0.1, -0.05) is 48.5 Å². The van der Waals surface area contributed by atoms with Crippen molar-refractivity contribution in [2.45, 2.75) is 19.3 Å². The van der Waals surface area contributed by atoms with E-state index in [4.69, 9.17) is 0 Å². The average Bonchev–Trinajstić information content (AvgIpc) is 2.49. The van der Waals surface area contributed by atoms with Gasteiger partial charge < -0.3 is 10.2 Å². The fourth-order valence-corrected chi connectivity index (χ4v) is 3.05. The summed E-state index contributed by atoms with van der Waals surface area (Å²) in [7, 11) is 0. The molecule has 0 aliphatic carbocycles. The molecule has 1 saturated heterocycles. The van der Waals surface area contributed by atoms with Crippen LogP contribution in [0.4, 0.5) is 5.69 Å². The Labute approximate surface area is 127 Å². The number of hydrogen-bond donors (Lipinski definition) is 1.